The lowest BCUT2D eigenvalue weighted by molar-refractivity contribution is 0.0954. The summed E-state index contributed by atoms with van der Waals surface area (Å²) in [5, 5.41) is 2.87. The maximum atomic E-state index is 12.1. The molecule has 0 spiro atoms. The largest absolute Gasteiger partial charge is 0.398 e. The van der Waals surface area contributed by atoms with Gasteiger partial charge in [-0.05, 0) is 18.6 Å². The number of imidazole rings is 1. The number of aryl methyl sites for hydroxylation is 2. The van der Waals surface area contributed by atoms with Crippen molar-refractivity contribution < 1.29 is 4.79 Å². The van der Waals surface area contributed by atoms with E-state index in [-0.39, 0.29) is 5.91 Å². The fourth-order valence-electron chi connectivity index (χ4n) is 2.01. The average Bonchev–Trinajstić information content (AvgIpc) is 2.75. The molecule has 0 fully saturated rings. The van der Waals surface area contributed by atoms with Crippen LogP contribution in [0.3, 0.4) is 0 Å². The van der Waals surface area contributed by atoms with Crippen LogP contribution in [0.2, 0.25) is 0 Å². The molecule has 2 aromatic rings. The van der Waals surface area contributed by atoms with Crippen LogP contribution in [0.25, 0.3) is 0 Å². The second kappa shape index (κ2) is 5.56. The van der Waals surface area contributed by atoms with E-state index in [1.54, 1.807) is 12.3 Å². The van der Waals surface area contributed by atoms with Crippen molar-refractivity contribution in [3.63, 3.8) is 0 Å². The lowest BCUT2D eigenvalue weighted by Crippen LogP contribution is -2.27. The number of amides is 1. The first-order valence-electron chi connectivity index (χ1n) is 6.19. The highest BCUT2D eigenvalue weighted by atomic mass is 16.1. The Morgan fingerprint density at radius 3 is 2.89 bits per heavy atom. The maximum Gasteiger partial charge on any atom is 0.253 e. The minimum atomic E-state index is -0.134. The monoisotopic (exact) mass is 258 g/mol. The molecule has 1 aromatic heterocycles. The predicted molar refractivity (Wildman–Crippen MR) is 74.8 cm³/mol. The van der Waals surface area contributed by atoms with Crippen molar-refractivity contribution in [1.82, 2.24) is 14.9 Å². The fraction of sp³-hybridized carbons (Fsp3) is 0.286. The number of carbonyl (C=O) groups excluding carboxylic acids is 1. The van der Waals surface area contributed by atoms with Crippen molar-refractivity contribution in [3.8, 4) is 0 Å². The normalized spacial score (nSPS) is 10.4. The Kier molecular flexibility index (Phi) is 3.85. The van der Waals surface area contributed by atoms with E-state index in [1.807, 2.05) is 36.9 Å². The third kappa shape index (κ3) is 2.93. The Bertz CT molecular complexity index is 569. The Morgan fingerprint density at radius 1 is 1.47 bits per heavy atom. The van der Waals surface area contributed by atoms with Crippen LogP contribution in [0.4, 0.5) is 5.69 Å². The lowest BCUT2D eigenvalue weighted by Gasteiger charge is -2.10. The van der Waals surface area contributed by atoms with Crippen molar-refractivity contribution in [2.45, 2.75) is 13.3 Å². The van der Waals surface area contributed by atoms with Gasteiger partial charge in [0, 0.05) is 38.1 Å². The smallest absolute Gasteiger partial charge is 0.253 e. The van der Waals surface area contributed by atoms with Crippen LogP contribution in [0, 0.1) is 6.92 Å². The molecule has 0 aliphatic heterocycles. The van der Waals surface area contributed by atoms with E-state index in [2.05, 4.69) is 10.3 Å². The van der Waals surface area contributed by atoms with Crippen LogP contribution in [0.5, 0.6) is 0 Å². The molecule has 0 aliphatic carbocycles. The van der Waals surface area contributed by atoms with Gasteiger partial charge in [0.15, 0.2) is 0 Å². The van der Waals surface area contributed by atoms with Crippen LogP contribution < -0.4 is 11.1 Å². The van der Waals surface area contributed by atoms with Crippen LogP contribution in [-0.4, -0.2) is 22.0 Å². The van der Waals surface area contributed by atoms with E-state index in [0.29, 0.717) is 24.2 Å². The van der Waals surface area contributed by atoms with E-state index in [4.69, 9.17) is 5.73 Å². The van der Waals surface area contributed by atoms with Crippen molar-refractivity contribution in [3.05, 3.63) is 47.5 Å². The maximum absolute atomic E-state index is 12.1. The van der Waals surface area contributed by atoms with Gasteiger partial charge in [-0.2, -0.15) is 0 Å². The summed E-state index contributed by atoms with van der Waals surface area (Å²) in [5.41, 5.74) is 7.79. The number of anilines is 1. The van der Waals surface area contributed by atoms with Gasteiger partial charge in [0.1, 0.15) is 5.82 Å². The molecule has 1 heterocycles. The van der Waals surface area contributed by atoms with Gasteiger partial charge >= 0.3 is 0 Å². The van der Waals surface area contributed by atoms with Crippen LogP contribution >= 0.6 is 0 Å². The molecule has 0 saturated carbocycles. The molecule has 3 N–H and O–H groups in total. The van der Waals surface area contributed by atoms with E-state index < -0.39 is 0 Å². The van der Waals surface area contributed by atoms with Gasteiger partial charge in [0.25, 0.3) is 5.91 Å². The van der Waals surface area contributed by atoms with Crippen molar-refractivity contribution in [2.75, 3.05) is 12.3 Å². The molecule has 5 heteroatoms. The molecule has 100 valence electrons. The van der Waals surface area contributed by atoms with Gasteiger partial charge in [-0.3, -0.25) is 4.79 Å². The summed E-state index contributed by atoms with van der Waals surface area (Å²) in [5.74, 6) is 0.808. The van der Waals surface area contributed by atoms with Gasteiger partial charge in [-0.15, -0.1) is 0 Å². The number of rotatable bonds is 4. The van der Waals surface area contributed by atoms with Gasteiger partial charge in [0.05, 0.1) is 5.56 Å². The number of hydrogen-bond acceptors (Lipinski definition) is 3. The topological polar surface area (TPSA) is 72.9 Å². The lowest BCUT2D eigenvalue weighted by atomic mass is 10.1. The zero-order valence-electron chi connectivity index (χ0n) is 11.2. The molecule has 1 amide bonds. The van der Waals surface area contributed by atoms with Crippen LogP contribution in [-0.2, 0) is 13.5 Å². The Hall–Kier alpha value is -2.30. The molecule has 19 heavy (non-hydrogen) atoms. The van der Waals surface area contributed by atoms with Gasteiger partial charge in [-0.25, -0.2) is 4.98 Å². The van der Waals surface area contributed by atoms with Crippen molar-refractivity contribution in [2.24, 2.45) is 7.05 Å². The van der Waals surface area contributed by atoms with E-state index in [0.717, 1.165) is 11.4 Å². The first-order valence-corrected chi connectivity index (χ1v) is 6.19. The molecule has 0 radical (unpaired) electrons. The highest BCUT2D eigenvalue weighted by Gasteiger charge is 2.12. The number of nitrogens with zero attached hydrogens (tertiary/aromatic N) is 2. The van der Waals surface area contributed by atoms with Crippen molar-refractivity contribution >= 4 is 11.6 Å². The quantitative estimate of drug-likeness (QED) is 0.811. The van der Waals surface area contributed by atoms with Crippen molar-refractivity contribution in [1.29, 1.82) is 0 Å². The second-order valence-electron chi connectivity index (χ2n) is 4.50. The molecule has 0 aliphatic rings. The number of nitrogen functional groups attached to an aromatic ring is 1. The molecule has 1 aromatic carbocycles. The number of aromatic nitrogens is 2. The summed E-state index contributed by atoms with van der Waals surface area (Å²) < 4.78 is 1.94. The SMILES string of the molecule is Cc1cccc(N)c1C(=O)NCCc1nccn1C. The van der Waals surface area contributed by atoms with E-state index >= 15 is 0 Å². The Morgan fingerprint density at radius 2 is 2.26 bits per heavy atom. The zero-order chi connectivity index (χ0) is 13.8. The summed E-state index contributed by atoms with van der Waals surface area (Å²) >= 11 is 0. The molecule has 0 atom stereocenters. The fourth-order valence-corrected chi connectivity index (χ4v) is 2.01. The summed E-state index contributed by atoms with van der Waals surface area (Å²) in [7, 11) is 1.93. The summed E-state index contributed by atoms with van der Waals surface area (Å²) in [6, 6.07) is 5.46. The first kappa shape index (κ1) is 13.1. The molecule has 5 nitrogen and oxygen atoms in total. The van der Waals surface area contributed by atoms with Gasteiger partial charge in [-0.1, -0.05) is 12.1 Å². The predicted octanol–water partition coefficient (Wildman–Crippen LogP) is 1.28. The molecule has 0 bridgehead atoms. The zero-order valence-corrected chi connectivity index (χ0v) is 11.2. The number of carbonyl (C=O) groups is 1. The highest BCUT2D eigenvalue weighted by Crippen LogP contribution is 2.15. The Balaban J connectivity index is 1.97. The highest BCUT2D eigenvalue weighted by molar-refractivity contribution is 6.00. The Labute approximate surface area is 112 Å². The van der Waals surface area contributed by atoms with E-state index in [1.165, 1.54) is 0 Å². The number of hydrogen-bond donors (Lipinski definition) is 2. The second-order valence-corrected chi connectivity index (χ2v) is 4.50. The molecular weight excluding hydrogens is 240 g/mol. The number of nitrogens with two attached hydrogens (primary N) is 1. The summed E-state index contributed by atoms with van der Waals surface area (Å²) in [6.45, 7) is 2.42. The molecule has 0 saturated heterocycles. The molecule has 2 rings (SSSR count). The molecule has 0 unspecified atom stereocenters. The minimum absolute atomic E-state index is 0.134. The average molecular weight is 258 g/mol. The number of benzene rings is 1. The standard InChI is InChI=1S/C14H18N4O/c1-10-4-3-5-11(15)13(10)14(19)17-7-6-12-16-8-9-18(12)2/h3-5,8-9H,6-7,15H2,1-2H3,(H,17,19). The molecular formula is C14H18N4O. The third-order valence-electron chi connectivity index (χ3n) is 3.09. The van der Waals surface area contributed by atoms with Gasteiger partial charge in [0.2, 0.25) is 0 Å². The van der Waals surface area contributed by atoms with Crippen LogP contribution in [0.1, 0.15) is 21.7 Å². The minimum Gasteiger partial charge on any atom is -0.398 e. The van der Waals surface area contributed by atoms with Crippen LogP contribution in [0.15, 0.2) is 30.6 Å². The first-order chi connectivity index (χ1) is 9.09. The van der Waals surface area contributed by atoms with Gasteiger partial charge < -0.3 is 15.6 Å². The summed E-state index contributed by atoms with van der Waals surface area (Å²) in [6.07, 6.45) is 4.33. The third-order valence-corrected chi connectivity index (χ3v) is 3.09. The number of nitrogens with one attached hydrogen (secondary N) is 1. The summed E-state index contributed by atoms with van der Waals surface area (Å²) in [4.78, 5) is 16.3. The van der Waals surface area contributed by atoms with E-state index in [9.17, 15) is 4.79 Å².